The summed E-state index contributed by atoms with van der Waals surface area (Å²) in [4.78, 5) is 32.1. The zero-order valence-corrected chi connectivity index (χ0v) is 10.4. The van der Waals surface area contributed by atoms with Crippen molar-refractivity contribution in [3.8, 4) is 0 Å². The molecule has 1 heterocycles. The van der Waals surface area contributed by atoms with Crippen LogP contribution in [0.2, 0.25) is 0 Å². The Morgan fingerprint density at radius 3 is 2.53 bits per heavy atom. The number of esters is 2. The van der Waals surface area contributed by atoms with Gasteiger partial charge in [0.1, 0.15) is 0 Å². The van der Waals surface area contributed by atoms with Gasteiger partial charge in [0, 0.05) is 18.8 Å². The number of hydrogen-bond donors (Lipinski definition) is 0. The fourth-order valence-corrected chi connectivity index (χ4v) is 1.42. The van der Waals surface area contributed by atoms with E-state index in [4.69, 9.17) is 9.15 Å². The lowest BCUT2D eigenvalue weighted by atomic mass is 10.1. The Morgan fingerprint density at radius 2 is 2.11 bits per heavy atom. The summed E-state index contributed by atoms with van der Waals surface area (Å²) >= 11 is 0. The summed E-state index contributed by atoms with van der Waals surface area (Å²) in [6.07, 6.45) is 0.0520. The summed E-state index contributed by atoms with van der Waals surface area (Å²) < 4.78 is 14.5. The van der Waals surface area contributed by atoms with Gasteiger partial charge in [0.15, 0.2) is 12.4 Å². The number of hydrogen-bond acceptors (Lipinski definition) is 7. The summed E-state index contributed by atoms with van der Waals surface area (Å²) in [5.74, 6) is -1.24. The van der Waals surface area contributed by atoms with E-state index in [0.29, 0.717) is 0 Å². The second-order valence-electron chi connectivity index (χ2n) is 3.70. The third-order valence-electron chi connectivity index (χ3n) is 2.19. The van der Waals surface area contributed by atoms with Crippen LogP contribution in [-0.4, -0.2) is 29.5 Å². The fraction of sp³-hybridized carbons (Fsp3) is 0.455. The Labute approximate surface area is 108 Å². The first kappa shape index (κ1) is 14.7. The van der Waals surface area contributed by atoms with E-state index in [2.05, 4.69) is 4.74 Å². The van der Waals surface area contributed by atoms with Crippen molar-refractivity contribution in [3.63, 3.8) is 0 Å². The van der Waals surface area contributed by atoms with E-state index in [9.17, 15) is 19.7 Å². The SMILES string of the molecule is CC(=O)OCC(C(OC(C)=O)c1ccco1)[N+](=O)[O-]. The lowest BCUT2D eigenvalue weighted by Crippen LogP contribution is -2.35. The molecule has 0 aliphatic carbocycles. The van der Waals surface area contributed by atoms with Crippen LogP contribution in [0.4, 0.5) is 0 Å². The van der Waals surface area contributed by atoms with Crippen LogP contribution >= 0.6 is 0 Å². The van der Waals surface area contributed by atoms with Gasteiger partial charge >= 0.3 is 11.9 Å². The van der Waals surface area contributed by atoms with Crippen LogP contribution in [0.1, 0.15) is 25.7 Å². The molecule has 104 valence electrons. The second kappa shape index (κ2) is 6.53. The number of furan rings is 1. The van der Waals surface area contributed by atoms with Gasteiger partial charge in [0.2, 0.25) is 6.10 Å². The second-order valence-corrected chi connectivity index (χ2v) is 3.70. The number of ether oxygens (including phenoxy) is 2. The van der Waals surface area contributed by atoms with E-state index >= 15 is 0 Å². The summed E-state index contributed by atoms with van der Waals surface area (Å²) in [6, 6.07) is 1.52. The molecule has 2 atom stereocenters. The molecular weight excluding hydrogens is 258 g/mol. The highest BCUT2D eigenvalue weighted by Crippen LogP contribution is 2.24. The third-order valence-corrected chi connectivity index (χ3v) is 2.19. The van der Waals surface area contributed by atoms with Crippen molar-refractivity contribution in [2.75, 3.05) is 6.61 Å². The van der Waals surface area contributed by atoms with Gasteiger partial charge in [-0.15, -0.1) is 0 Å². The molecule has 8 heteroatoms. The summed E-state index contributed by atoms with van der Waals surface area (Å²) in [5.41, 5.74) is 0. The molecule has 0 spiro atoms. The Bertz CT molecular complexity index is 454. The standard InChI is InChI=1S/C11H13NO7/c1-7(13)18-6-9(12(15)16)11(19-8(2)14)10-4-3-5-17-10/h3-5,9,11H,6H2,1-2H3. The minimum atomic E-state index is -1.43. The number of carbonyl (C=O) groups is 2. The monoisotopic (exact) mass is 271 g/mol. The maximum absolute atomic E-state index is 11.0. The van der Waals surface area contributed by atoms with Crippen LogP contribution in [0.15, 0.2) is 22.8 Å². The smallest absolute Gasteiger partial charge is 0.303 e. The number of nitrogens with zero attached hydrogens (tertiary/aromatic N) is 1. The van der Waals surface area contributed by atoms with Crippen LogP contribution in [0.25, 0.3) is 0 Å². The molecule has 0 radical (unpaired) electrons. The summed E-state index contributed by atoms with van der Waals surface area (Å²) in [7, 11) is 0. The van der Waals surface area contributed by atoms with Crippen molar-refractivity contribution in [1.29, 1.82) is 0 Å². The lowest BCUT2D eigenvalue weighted by molar-refractivity contribution is -0.538. The minimum absolute atomic E-state index is 0.115. The molecule has 2 unspecified atom stereocenters. The van der Waals surface area contributed by atoms with Crippen molar-refractivity contribution < 1.29 is 28.4 Å². The van der Waals surface area contributed by atoms with E-state index in [0.717, 1.165) is 13.8 Å². The zero-order chi connectivity index (χ0) is 14.4. The van der Waals surface area contributed by atoms with Gasteiger partial charge in [-0.05, 0) is 12.1 Å². The van der Waals surface area contributed by atoms with Crippen LogP contribution in [-0.2, 0) is 19.1 Å². The van der Waals surface area contributed by atoms with Gasteiger partial charge in [-0.25, -0.2) is 0 Å². The molecule has 8 nitrogen and oxygen atoms in total. The molecule has 0 fully saturated rings. The first-order valence-electron chi connectivity index (χ1n) is 5.39. The lowest BCUT2D eigenvalue weighted by Gasteiger charge is -2.18. The maximum atomic E-state index is 11.0. The van der Waals surface area contributed by atoms with Gasteiger partial charge in [0.25, 0.3) is 6.04 Å². The average molecular weight is 271 g/mol. The highest BCUT2D eigenvalue weighted by Gasteiger charge is 2.38. The van der Waals surface area contributed by atoms with Crippen molar-refractivity contribution in [1.82, 2.24) is 0 Å². The highest BCUT2D eigenvalue weighted by atomic mass is 16.6. The van der Waals surface area contributed by atoms with E-state index in [-0.39, 0.29) is 5.76 Å². The van der Waals surface area contributed by atoms with Crippen LogP contribution in [0.5, 0.6) is 0 Å². The van der Waals surface area contributed by atoms with E-state index in [1.165, 1.54) is 18.4 Å². The first-order chi connectivity index (χ1) is 8.91. The Kier molecular flexibility index (Phi) is 5.04. The predicted molar refractivity (Wildman–Crippen MR) is 60.6 cm³/mol. The normalized spacial score (nSPS) is 13.4. The summed E-state index contributed by atoms with van der Waals surface area (Å²) in [5, 5.41) is 11.0. The molecular formula is C11H13NO7. The van der Waals surface area contributed by atoms with E-state index < -0.39 is 35.6 Å². The quantitative estimate of drug-likeness (QED) is 0.432. The Morgan fingerprint density at radius 1 is 1.42 bits per heavy atom. The molecule has 0 saturated heterocycles. The molecule has 0 saturated carbocycles. The molecule has 1 rings (SSSR count). The van der Waals surface area contributed by atoms with Gasteiger partial charge in [-0.1, -0.05) is 0 Å². The third kappa shape index (κ3) is 4.41. The van der Waals surface area contributed by atoms with Gasteiger partial charge in [-0.2, -0.15) is 0 Å². The van der Waals surface area contributed by atoms with Crippen molar-refractivity contribution in [2.45, 2.75) is 26.0 Å². The molecule has 1 aromatic heterocycles. The van der Waals surface area contributed by atoms with Crippen molar-refractivity contribution >= 4 is 11.9 Å². The van der Waals surface area contributed by atoms with Gasteiger partial charge in [0.05, 0.1) is 6.26 Å². The van der Waals surface area contributed by atoms with E-state index in [1.807, 2.05) is 0 Å². The first-order valence-corrected chi connectivity index (χ1v) is 5.39. The zero-order valence-electron chi connectivity index (χ0n) is 10.4. The highest BCUT2D eigenvalue weighted by molar-refractivity contribution is 5.66. The molecule has 19 heavy (non-hydrogen) atoms. The van der Waals surface area contributed by atoms with Gasteiger partial charge < -0.3 is 13.9 Å². The summed E-state index contributed by atoms with van der Waals surface area (Å²) in [6.45, 7) is 1.74. The predicted octanol–water partition coefficient (Wildman–Crippen LogP) is 1.09. The van der Waals surface area contributed by atoms with Crippen molar-refractivity contribution in [3.05, 3.63) is 34.3 Å². The van der Waals surface area contributed by atoms with Crippen molar-refractivity contribution in [2.24, 2.45) is 0 Å². The number of carbonyl (C=O) groups excluding carboxylic acids is 2. The van der Waals surface area contributed by atoms with E-state index in [1.54, 1.807) is 0 Å². The molecule has 0 aromatic carbocycles. The fourth-order valence-electron chi connectivity index (χ4n) is 1.42. The molecule has 0 amide bonds. The largest absolute Gasteiger partial charge is 0.465 e. The number of nitro groups is 1. The van der Waals surface area contributed by atoms with Crippen LogP contribution in [0, 0.1) is 10.1 Å². The Balaban J connectivity index is 2.93. The topological polar surface area (TPSA) is 109 Å². The molecule has 0 bridgehead atoms. The molecule has 1 aromatic rings. The maximum Gasteiger partial charge on any atom is 0.303 e. The Hall–Kier alpha value is -2.38. The minimum Gasteiger partial charge on any atom is -0.465 e. The molecule has 0 aliphatic rings. The number of rotatable bonds is 6. The van der Waals surface area contributed by atoms with Gasteiger partial charge in [-0.3, -0.25) is 19.7 Å². The average Bonchev–Trinajstić information content (AvgIpc) is 2.79. The molecule has 0 aliphatic heterocycles. The van der Waals surface area contributed by atoms with Crippen LogP contribution < -0.4 is 0 Å². The van der Waals surface area contributed by atoms with Crippen LogP contribution in [0.3, 0.4) is 0 Å². The molecule has 0 N–H and O–H groups in total.